The molecule has 1 atom stereocenters. The van der Waals surface area contributed by atoms with Gasteiger partial charge >= 0.3 is 0 Å². The third-order valence-corrected chi connectivity index (χ3v) is 3.58. The lowest BCUT2D eigenvalue weighted by Crippen LogP contribution is -2.37. The maximum atomic E-state index is 13.2. The zero-order valence-electron chi connectivity index (χ0n) is 15.1. The number of carbonyl (C=O) groups excluding carboxylic acids is 1. The van der Waals surface area contributed by atoms with Crippen LogP contribution in [0.2, 0.25) is 0 Å². The average Bonchev–Trinajstić information content (AvgIpc) is 2.59. The molecule has 0 aliphatic heterocycles. The molecule has 2 aromatic rings. The smallest absolute Gasteiger partial charge is 0.260 e. The maximum Gasteiger partial charge on any atom is 0.260 e. The number of carbonyl (C=O) groups is 1. The summed E-state index contributed by atoms with van der Waals surface area (Å²) < 4.78 is 37.0. The molecule has 0 heterocycles. The van der Waals surface area contributed by atoms with Crippen LogP contribution < -0.4 is 14.8 Å². The fourth-order valence-corrected chi connectivity index (χ4v) is 2.29. The van der Waals surface area contributed by atoms with Gasteiger partial charge in [0, 0.05) is 12.6 Å². The lowest BCUT2D eigenvalue weighted by Gasteiger charge is -2.15. The molecule has 1 unspecified atom stereocenters. The standard InChI is InChI=1S/C20H23F2NO3/c1-13(2)25-16-6-4-15(5-7-16)10-11-23-20(24)14(3)26-17-8-9-18(21)19(22)12-17/h4-9,12-14H,10-11H2,1-3H3,(H,23,24). The molecule has 1 N–H and O–H groups in total. The van der Waals surface area contributed by atoms with Crippen molar-refractivity contribution < 1.29 is 23.0 Å². The average molecular weight is 363 g/mol. The molecular formula is C20H23F2NO3. The maximum absolute atomic E-state index is 13.2. The van der Waals surface area contributed by atoms with Crippen LogP contribution in [0.25, 0.3) is 0 Å². The van der Waals surface area contributed by atoms with Crippen molar-refractivity contribution in [3.05, 3.63) is 59.7 Å². The lowest BCUT2D eigenvalue weighted by atomic mass is 10.1. The SMILES string of the molecule is CC(C)Oc1ccc(CCNC(=O)C(C)Oc2ccc(F)c(F)c2)cc1. The second kappa shape index (κ2) is 9.17. The normalized spacial score (nSPS) is 11.9. The van der Waals surface area contributed by atoms with Gasteiger partial charge in [-0.2, -0.15) is 0 Å². The number of ether oxygens (including phenoxy) is 2. The van der Waals surface area contributed by atoms with Gasteiger partial charge in [0.25, 0.3) is 5.91 Å². The molecule has 0 radical (unpaired) electrons. The number of amides is 1. The Morgan fingerprint density at radius 2 is 1.62 bits per heavy atom. The third kappa shape index (κ3) is 6.02. The second-order valence-electron chi connectivity index (χ2n) is 6.19. The van der Waals surface area contributed by atoms with Crippen LogP contribution in [0.4, 0.5) is 8.78 Å². The zero-order chi connectivity index (χ0) is 19.1. The summed E-state index contributed by atoms with van der Waals surface area (Å²) in [6, 6.07) is 10.8. The van der Waals surface area contributed by atoms with Crippen molar-refractivity contribution >= 4 is 5.91 Å². The van der Waals surface area contributed by atoms with Gasteiger partial charge in [0.15, 0.2) is 17.7 Å². The van der Waals surface area contributed by atoms with E-state index in [1.54, 1.807) is 6.92 Å². The molecule has 2 aromatic carbocycles. The summed E-state index contributed by atoms with van der Waals surface area (Å²) in [4.78, 5) is 12.0. The van der Waals surface area contributed by atoms with Crippen LogP contribution in [-0.4, -0.2) is 24.7 Å². The predicted molar refractivity (Wildman–Crippen MR) is 95.4 cm³/mol. The molecule has 1 amide bonds. The van der Waals surface area contributed by atoms with E-state index in [4.69, 9.17) is 9.47 Å². The largest absolute Gasteiger partial charge is 0.491 e. The molecule has 0 fully saturated rings. The topological polar surface area (TPSA) is 47.6 Å². The highest BCUT2D eigenvalue weighted by atomic mass is 19.2. The van der Waals surface area contributed by atoms with E-state index in [9.17, 15) is 13.6 Å². The summed E-state index contributed by atoms with van der Waals surface area (Å²) in [5.41, 5.74) is 1.07. The number of halogens is 2. The molecule has 0 spiro atoms. The number of rotatable bonds is 8. The predicted octanol–water partition coefficient (Wildman–Crippen LogP) is 3.88. The van der Waals surface area contributed by atoms with Crippen molar-refractivity contribution in [1.82, 2.24) is 5.32 Å². The van der Waals surface area contributed by atoms with Gasteiger partial charge in [-0.3, -0.25) is 4.79 Å². The number of hydrogen-bond donors (Lipinski definition) is 1. The first-order valence-electron chi connectivity index (χ1n) is 8.50. The Bertz CT molecular complexity index is 732. The van der Waals surface area contributed by atoms with Gasteiger partial charge in [0.2, 0.25) is 0 Å². The van der Waals surface area contributed by atoms with E-state index in [2.05, 4.69) is 5.32 Å². The van der Waals surface area contributed by atoms with Crippen LogP contribution in [0, 0.1) is 11.6 Å². The number of hydrogen-bond acceptors (Lipinski definition) is 3. The summed E-state index contributed by atoms with van der Waals surface area (Å²) in [5, 5.41) is 2.76. The Labute approximate surface area is 152 Å². The van der Waals surface area contributed by atoms with Crippen molar-refractivity contribution in [1.29, 1.82) is 0 Å². The van der Waals surface area contributed by atoms with Crippen molar-refractivity contribution in [3.8, 4) is 11.5 Å². The summed E-state index contributed by atoms with van der Waals surface area (Å²) in [5.74, 6) is -1.39. The van der Waals surface area contributed by atoms with E-state index in [1.165, 1.54) is 6.07 Å². The highest BCUT2D eigenvalue weighted by Gasteiger charge is 2.15. The quantitative estimate of drug-likeness (QED) is 0.774. The van der Waals surface area contributed by atoms with Gasteiger partial charge in [-0.05, 0) is 57.0 Å². The molecule has 140 valence electrons. The van der Waals surface area contributed by atoms with Crippen molar-refractivity contribution in [3.63, 3.8) is 0 Å². The summed E-state index contributed by atoms with van der Waals surface area (Å²) >= 11 is 0. The fraction of sp³-hybridized carbons (Fsp3) is 0.350. The summed E-state index contributed by atoms with van der Waals surface area (Å²) in [6.45, 7) is 5.92. The van der Waals surface area contributed by atoms with Gasteiger partial charge in [0.05, 0.1) is 6.10 Å². The molecule has 2 rings (SSSR count). The van der Waals surface area contributed by atoms with Crippen molar-refractivity contribution in [2.75, 3.05) is 6.54 Å². The highest BCUT2D eigenvalue weighted by molar-refractivity contribution is 5.80. The Kier molecular flexibility index (Phi) is 6.95. The molecular weight excluding hydrogens is 340 g/mol. The van der Waals surface area contributed by atoms with E-state index in [1.807, 2.05) is 38.1 Å². The Morgan fingerprint density at radius 3 is 2.23 bits per heavy atom. The molecule has 26 heavy (non-hydrogen) atoms. The third-order valence-electron chi connectivity index (χ3n) is 3.58. The van der Waals surface area contributed by atoms with E-state index in [0.717, 1.165) is 23.4 Å². The molecule has 0 bridgehead atoms. The number of nitrogens with one attached hydrogen (secondary N) is 1. The van der Waals surface area contributed by atoms with Gasteiger partial charge in [-0.25, -0.2) is 8.78 Å². The number of benzene rings is 2. The van der Waals surface area contributed by atoms with Crippen LogP contribution in [-0.2, 0) is 11.2 Å². The van der Waals surface area contributed by atoms with Crippen LogP contribution in [0.3, 0.4) is 0 Å². The zero-order valence-corrected chi connectivity index (χ0v) is 15.1. The van der Waals surface area contributed by atoms with Gasteiger partial charge < -0.3 is 14.8 Å². The minimum absolute atomic E-state index is 0.104. The monoisotopic (exact) mass is 363 g/mol. The van der Waals surface area contributed by atoms with E-state index < -0.39 is 17.7 Å². The van der Waals surface area contributed by atoms with Crippen LogP contribution in [0.1, 0.15) is 26.3 Å². The first-order chi connectivity index (χ1) is 12.3. The Morgan fingerprint density at radius 1 is 0.962 bits per heavy atom. The second-order valence-corrected chi connectivity index (χ2v) is 6.19. The van der Waals surface area contributed by atoms with Crippen LogP contribution >= 0.6 is 0 Å². The van der Waals surface area contributed by atoms with Crippen LogP contribution in [0.15, 0.2) is 42.5 Å². The van der Waals surface area contributed by atoms with Gasteiger partial charge in [0.1, 0.15) is 11.5 Å². The Hall–Kier alpha value is -2.63. The molecule has 0 aromatic heterocycles. The van der Waals surface area contributed by atoms with E-state index in [0.29, 0.717) is 13.0 Å². The first kappa shape index (κ1) is 19.7. The Balaban J connectivity index is 1.77. The highest BCUT2D eigenvalue weighted by Crippen LogP contribution is 2.17. The lowest BCUT2D eigenvalue weighted by molar-refractivity contribution is -0.127. The van der Waals surface area contributed by atoms with Crippen LogP contribution in [0.5, 0.6) is 11.5 Å². The molecule has 6 heteroatoms. The van der Waals surface area contributed by atoms with Gasteiger partial charge in [-0.15, -0.1) is 0 Å². The fourth-order valence-electron chi connectivity index (χ4n) is 2.29. The van der Waals surface area contributed by atoms with Crippen molar-refractivity contribution in [2.24, 2.45) is 0 Å². The molecule has 0 aliphatic rings. The van der Waals surface area contributed by atoms with Gasteiger partial charge in [-0.1, -0.05) is 12.1 Å². The molecule has 0 saturated carbocycles. The molecule has 0 saturated heterocycles. The summed E-state index contributed by atoms with van der Waals surface area (Å²) in [7, 11) is 0. The first-order valence-corrected chi connectivity index (χ1v) is 8.50. The summed E-state index contributed by atoms with van der Waals surface area (Å²) in [6.07, 6.45) is -0.0381. The molecule has 0 aliphatic carbocycles. The molecule has 4 nitrogen and oxygen atoms in total. The van der Waals surface area contributed by atoms with E-state index >= 15 is 0 Å². The van der Waals surface area contributed by atoms with Crippen molar-refractivity contribution in [2.45, 2.75) is 39.4 Å². The minimum atomic E-state index is -1.01. The van der Waals surface area contributed by atoms with E-state index in [-0.39, 0.29) is 17.8 Å². The minimum Gasteiger partial charge on any atom is -0.491 e.